The number of imidazole rings is 1. The molecule has 0 aliphatic rings. The molecule has 4 aromatic rings. The molecule has 8 heteroatoms. The van der Waals surface area contributed by atoms with Crippen LogP contribution in [0.25, 0.3) is 16.7 Å². The molecule has 0 saturated heterocycles. The third kappa shape index (κ3) is 6.03. The fraction of sp³-hybridized carbons (Fsp3) is 0.214. The van der Waals surface area contributed by atoms with Crippen molar-refractivity contribution in [2.24, 2.45) is 5.41 Å². The summed E-state index contributed by atoms with van der Waals surface area (Å²) in [6.45, 7) is 11.7. The summed E-state index contributed by atoms with van der Waals surface area (Å²) in [6, 6.07) is 16.8. The third-order valence-electron chi connectivity index (χ3n) is 5.41. The maximum atomic E-state index is 12.9. The Morgan fingerprint density at radius 2 is 1.89 bits per heavy atom. The summed E-state index contributed by atoms with van der Waals surface area (Å²) in [5.41, 5.74) is 4.60. The van der Waals surface area contributed by atoms with Crippen molar-refractivity contribution in [2.45, 2.75) is 27.3 Å². The Hall–Kier alpha value is -4.30. The van der Waals surface area contributed by atoms with Gasteiger partial charge in [-0.05, 0) is 59.5 Å². The minimum atomic E-state index is -0.317. The number of hydrogen-bond acceptors (Lipinski definition) is 5. The van der Waals surface area contributed by atoms with Gasteiger partial charge in [0.05, 0.1) is 22.3 Å². The highest BCUT2D eigenvalue weighted by atomic mass is 16.2. The molecule has 0 bridgehead atoms. The molecule has 8 nitrogen and oxygen atoms in total. The maximum absolute atomic E-state index is 12.9. The fourth-order valence-electron chi connectivity index (χ4n) is 3.75. The van der Waals surface area contributed by atoms with Gasteiger partial charge < -0.3 is 10.6 Å². The molecule has 2 heterocycles. The molecule has 0 saturated carbocycles. The Bertz CT molecular complexity index is 1400. The quantitative estimate of drug-likeness (QED) is 0.309. The van der Waals surface area contributed by atoms with Crippen molar-refractivity contribution >= 4 is 34.5 Å². The van der Waals surface area contributed by atoms with Crippen molar-refractivity contribution in [1.82, 2.24) is 19.9 Å². The lowest BCUT2D eigenvalue weighted by Gasteiger charge is -2.18. The molecule has 36 heavy (non-hydrogen) atoms. The molecule has 0 unspecified atom stereocenters. The number of pyridine rings is 1. The Morgan fingerprint density at radius 1 is 1.06 bits per heavy atom. The molecule has 184 valence electrons. The minimum Gasteiger partial charge on any atom is -0.322 e. The van der Waals surface area contributed by atoms with E-state index in [-0.39, 0.29) is 17.2 Å². The first kappa shape index (κ1) is 24.8. The van der Waals surface area contributed by atoms with Crippen LogP contribution >= 0.6 is 0 Å². The summed E-state index contributed by atoms with van der Waals surface area (Å²) in [7, 11) is 0. The number of carbonyl (C=O) groups is 2. The normalized spacial score (nSPS) is 11.3. The zero-order chi connectivity index (χ0) is 25.7. The lowest BCUT2D eigenvalue weighted by atomic mass is 9.97. The van der Waals surface area contributed by atoms with E-state index in [0.717, 1.165) is 28.8 Å². The topological polar surface area (TPSA) is 101 Å². The van der Waals surface area contributed by atoms with Crippen LogP contribution in [0.5, 0.6) is 0 Å². The van der Waals surface area contributed by atoms with Crippen molar-refractivity contribution in [1.29, 1.82) is 0 Å². The second-order valence-electron chi connectivity index (χ2n) is 9.70. The van der Waals surface area contributed by atoms with Crippen LogP contribution in [-0.4, -0.2) is 32.9 Å². The second kappa shape index (κ2) is 10.5. The van der Waals surface area contributed by atoms with Gasteiger partial charge in [0.2, 0.25) is 11.9 Å². The van der Waals surface area contributed by atoms with Crippen LogP contribution in [0.4, 0.5) is 11.6 Å². The predicted octanol–water partition coefficient (Wildman–Crippen LogP) is 4.93. The van der Waals surface area contributed by atoms with Gasteiger partial charge in [0.15, 0.2) is 0 Å². The average Bonchev–Trinajstić information content (AvgIpc) is 3.20. The Balaban J connectivity index is 1.73. The van der Waals surface area contributed by atoms with Crippen LogP contribution in [0.3, 0.4) is 0 Å². The number of aromatic nitrogens is 3. The second-order valence-corrected chi connectivity index (χ2v) is 9.70. The monoisotopic (exact) mass is 482 g/mol. The van der Waals surface area contributed by atoms with E-state index >= 15 is 0 Å². The van der Waals surface area contributed by atoms with Gasteiger partial charge in [0, 0.05) is 31.2 Å². The third-order valence-corrected chi connectivity index (χ3v) is 5.41. The zero-order valence-electron chi connectivity index (χ0n) is 20.7. The van der Waals surface area contributed by atoms with Crippen molar-refractivity contribution in [3.63, 3.8) is 0 Å². The molecule has 0 spiro atoms. The van der Waals surface area contributed by atoms with Crippen molar-refractivity contribution in [2.75, 3.05) is 17.2 Å². The number of rotatable bonds is 8. The van der Waals surface area contributed by atoms with E-state index in [2.05, 4.69) is 48.3 Å². The van der Waals surface area contributed by atoms with E-state index in [4.69, 9.17) is 4.98 Å². The molecule has 0 atom stereocenters. The number of amides is 2. The largest absolute Gasteiger partial charge is 0.322 e. The maximum Gasteiger partial charge on any atom is 0.259 e. The summed E-state index contributed by atoms with van der Waals surface area (Å²) in [5, 5.41) is 9.19. The first-order chi connectivity index (χ1) is 17.2. The van der Waals surface area contributed by atoms with E-state index in [0.29, 0.717) is 23.7 Å². The van der Waals surface area contributed by atoms with Crippen LogP contribution < -0.4 is 16.0 Å². The van der Waals surface area contributed by atoms with Gasteiger partial charge in [-0.3, -0.25) is 24.5 Å². The predicted molar refractivity (Wildman–Crippen MR) is 143 cm³/mol. The molecule has 2 aromatic carbocycles. The van der Waals surface area contributed by atoms with Crippen molar-refractivity contribution in [3.8, 4) is 5.69 Å². The standard InChI is InChI=1S/C28H30N6O2/c1-5-25(35)31-21-9-6-10-22(15-21)34-24-12-11-19(16-30-18-28(2,3)4)14-23(24)32-27(34)33-26(36)20-8-7-13-29-17-20/h5-15,17,30H,1,16,18H2,2-4H3,(H,31,35)(H,32,33,36). The van der Waals surface area contributed by atoms with Gasteiger partial charge >= 0.3 is 0 Å². The van der Waals surface area contributed by atoms with Crippen LogP contribution in [-0.2, 0) is 11.3 Å². The summed E-state index contributed by atoms with van der Waals surface area (Å²) < 4.78 is 1.86. The average molecular weight is 483 g/mol. The molecule has 0 aliphatic carbocycles. The number of carbonyl (C=O) groups excluding carboxylic acids is 2. The molecule has 0 fully saturated rings. The lowest BCUT2D eigenvalue weighted by Crippen LogP contribution is -2.26. The highest BCUT2D eigenvalue weighted by molar-refractivity contribution is 6.04. The van der Waals surface area contributed by atoms with Crippen LogP contribution in [0.2, 0.25) is 0 Å². The van der Waals surface area contributed by atoms with Crippen LogP contribution in [0.1, 0.15) is 36.7 Å². The molecule has 2 amide bonds. The molecule has 4 rings (SSSR count). The minimum absolute atomic E-state index is 0.182. The van der Waals surface area contributed by atoms with Gasteiger partial charge in [-0.2, -0.15) is 0 Å². The summed E-state index contributed by atoms with van der Waals surface area (Å²) in [6.07, 6.45) is 4.34. The molecular formula is C28H30N6O2. The summed E-state index contributed by atoms with van der Waals surface area (Å²) in [5.74, 6) is -0.256. The number of nitrogens with one attached hydrogen (secondary N) is 3. The number of hydrogen-bond donors (Lipinski definition) is 3. The van der Waals surface area contributed by atoms with E-state index < -0.39 is 0 Å². The molecular weight excluding hydrogens is 452 g/mol. The highest BCUT2D eigenvalue weighted by Crippen LogP contribution is 2.28. The smallest absolute Gasteiger partial charge is 0.259 e. The summed E-state index contributed by atoms with van der Waals surface area (Å²) in [4.78, 5) is 33.6. The SMILES string of the molecule is C=CC(=O)Nc1cccc(-n2c(NC(=O)c3cccnc3)nc3cc(CNCC(C)(C)C)ccc32)c1. The molecule has 0 aliphatic heterocycles. The van der Waals surface area contributed by atoms with Crippen molar-refractivity contribution in [3.05, 3.63) is 90.8 Å². The highest BCUT2D eigenvalue weighted by Gasteiger charge is 2.17. The van der Waals surface area contributed by atoms with Crippen molar-refractivity contribution < 1.29 is 9.59 Å². The molecule has 3 N–H and O–H groups in total. The Morgan fingerprint density at radius 3 is 2.61 bits per heavy atom. The Labute approximate surface area is 210 Å². The summed E-state index contributed by atoms with van der Waals surface area (Å²) >= 11 is 0. The van der Waals surface area contributed by atoms with Crippen LogP contribution in [0, 0.1) is 5.41 Å². The van der Waals surface area contributed by atoms with Gasteiger partial charge in [-0.1, -0.05) is 39.5 Å². The van der Waals surface area contributed by atoms with Crippen LogP contribution in [0.15, 0.2) is 79.6 Å². The number of benzene rings is 2. The molecule has 0 radical (unpaired) electrons. The molecule has 2 aromatic heterocycles. The fourth-order valence-corrected chi connectivity index (χ4v) is 3.75. The number of anilines is 2. The van der Waals surface area contributed by atoms with Gasteiger partial charge in [0.25, 0.3) is 5.91 Å². The lowest BCUT2D eigenvalue weighted by molar-refractivity contribution is -0.111. The Kier molecular flexibility index (Phi) is 7.26. The van der Waals surface area contributed by atoms with Gasteiger partial charge in [-0.25, -0.2) is 4.98 Å². The zero-order valence-corrected chi connectivity index (χ0v) is 20.7. The van der Waals surface area contributed by atoms with E-state index in [1.165, 1.54) is 12.3 Å². The van der Waals surface area contributed by atoms with E-state index in [1.807, 2.05) is 41.0 Å². The number of fused-ring (bicyclic) bond motifs is 1. The first-order valence-corrected chi connectivity index (χ1v) is 11.7. The first-order valence-electron chi connectivity index (χ1n) is 11.7. The van der Waals surface area contributed by atoms with E-state index in [9.17, 15) is 9.59 Å². The number of nitrogens with zero attached hydrogens (tertiary/aromatic N) is 3. The van der Waals surface area contributed by atoms with Gasteiger partial charge in [0.1, 0.15) is 0 Å². The van der Waals surface area contributed by atoms with Gasteiger partial charge in [-0.15, -0.1) is 0 Å². The van der Waals surface area contributed by atoms with E-state index in [1.54, 1.807) is 24.4 Å².